The summed E-state index contributed by atoms with van der Waals surface area (Å²) < 4.78 is 24.9. The van der Waals surface area contributed by atoms with E-state index in [0.717, 1.165) is 36.0 Å². The van der Waals surface area contributed by atoms with Crippen molar-refractivity contribution in [3.05, 3.63) is 57.8 Å². The van der Waals surface area contributed by atoms with Gasteiger partial charge in [0.1, 0.15) is 17.9 Å². The molecule has 4 heterocycles. The molecule has 1 atom stereocenters. The third-order valence-corrected chi connectivity index (χ3v) is 7.97. The predicted octanol–water partition coefficient (Wildman–Crippen LogP) is 3.27. The topological polar surface area (TPSA) is 169 Å². The molecule has 0 aromatic carbocycles. The maximum Gasteiger partial charge on any atom is 0.296 e. The Morgan fingerprint density at radius 3 is 2.45 bits per heavy atom. The van der Waals surface area contributed by atoms with Crippen LogP contribution >= 0.6 is 0 Å². The van der Waals surface area contributed by atoms with Gasteiger partial charge in [-0.1, -0.05) is 13.8 Å². The highest BCUT2D eigenvalue weighted by atomic mass is 32.2. The van der Waals surface area contributed by atoms with Crippen LogP contribution in [0.1, 0.15) is 61.4 Å². The third kappa shape index (κ3) is 5.14. The van der Waals surface area contributed by atoms with Crippen LogP contribution in [0.15, 0.2) is 34.3 Å². The number of pyridine rings is 1. The lowest BCUT2D eigenvalue weighted by atomic mass is 10.1. The lowest BCUT2D eigenvalue weighted by Crippen LogP contribution is -2.31. The van der Waals surface area contributed by atoms with Gasteiger partial charge >= 0.3 is 0 Å². The van der Waals surface area contributed by atoms with Gasteiger partial charge in [0.15, 0.2) is 27.1 Å². The molecule has 0 spiro atoms. The first-order valence-electron chi connectivity index (χ1n) is 12.9. The molecular weight excluding hydrogens is 530 g/mol. The minimum absolute atomic E-state index is 0.0136. The Hall–Kier alpha value is -4.31. The number of sulfone groups is 1. The lowest BCUT2D eigenvalue weighted by molar-refractivity contribution is 0.458. The molecule has 4 aromatic rings. The normalized spacial score (nSPS) is 14.3. The minimum Gasteiger partial charge on any atom is -0.360 e. The molecule has 1 aliphatic rings. The van der Waals surface area contributed by atoms with Crippen molar-refractivity contribution >= 4 is 26.8 Å². The highest BCUT2D eigenvalue weighted by molar-refractivity contribution is 7.90. The number of anilines is 1. The molecule has 12 nitrogen and oxygen atoms in total. The van der Waals surface area contributed by atoms with E-state index in [0.29, 0.717) is 28.6 Å². The summed E-state index contributed by atoms with van der Waals surface area (Å²) in [5.74, 6) is 0.538. The van der Waals surface area contributed by atoms with Gasteiger partial charge in [-0.15, -0.1) is 0 Å². The number of fused-ring (bicyclic) bond motifs is 1. The molecule has 206 valence electrons. The molecule has 1 N–H and O–H groups in total. The van der Waals surface area contributed by atoms with Crippen molar-refractivity contribution in [1.29, 1.82) is 5.26 Å². The summed E-state index contributed by atoms with van der Waals surface area (Å²) in [7, 11) is -3.38. The Labute approximate surface area is 231 Å². The zero-order valence-electron chi connectivity index (χ0n) is 22.9. The van der Waals surface area contributed by atoms with E-state index in [1.54, 1.807) is 19.3 Å². The molecule has 0 bridgehead atoms. The van der Waals surface area contributed by atoms with Crippen LogP contribution in [0.5, 0.6) is 0 Å². The molecule has 40 heavy (non-hydrogen) atoms. The Morgan fingerprint density at radius 2 is 1.85 bits per heavy atom. The van der Waals surface area contributed by atoms with Crippen LogP contribution in [-0.2, 0) is 16.4 Å². The maximum absolute atomic E-state index is 13.8. The molecule has 0 radical (unpaired) electrons. The molecule has 0 amide bonds. The third-order valence-electron chi connectivity index (χ3n) is 6.87. The van der Waals surface area contributed by atoms with Gasteiger partial charge in [-0.2, -0.15) is 5.26 Å². The molecule has 1 aliphatic carbocycles. The zero-order valence-corrected chi connectivity index (χ0v) is 23.7. The molecule has 13 heteroatoms. The van der Waals surface area contributed by atoms with Crippen LogP contribution < -0.4 is 10.9 Å². The summed E-state index contributed by atoms with van der Waals surface area (Å²) in [5.41, 5.74) is 3.57. The number of rotatable bonds is 8. The van der Waals surface area contributed by atoms with Crippen LogP contribution in [0.2, 0.25) is 0 Å². The van der Waals surface area contributed by atoms with Gasteiger partial charge in [0.25, 0.3) is 5.56 Å². The summed E-state index contributed by atoms with van der Waals surface area (Å²) in [6.45, 7) is 7.51. The van der Waals surface area contributed by atoms with Crippen LogP contribution in [0, 0.1) is 31.1 Å². The van der Waals surface area contributed by atoms with E-state index in [1.165, 1.54) is 16.8 Å². The van der Waals surface area contributed by atoms with Crippen molar-refractivity contribution in [2.24, 2.45) is 5.92 Å². The van der Waals surface area contributed by atoms with Crippen molar-refractivity contribution in [2.75, 3.05) is 11.6 Å². The van der Waals surface area contributed by atoms with Crippen molar-refractivity contribution in [3.63, 3.8) is 0 Å². The van der Waals surface area contributed by atoms with E-state index in [1.807, 2.05) is 20.8 Å². The molecule has 1 fully saturated rings. The highest BCUT2D eigenvalue weighted by Crippen LogP contribution is 2.43. The van der Waals surface area contributed by atoms with Gasteiger partial charge in [0, 0.05) is 18.4 Å². The highest BCUT2D eigenvalue weighted by Gasteiger charge is 2.31. The summed E-state index contributed by atoms with van der Waals surface area (Å²) in [6.07, 6.45) is 6.00. The Bertz CT molecular complexity index is 1820. The van der Waals surface area contributed by atoms with Gasteiger partial charge < -0.3 is 5.32 Å². The summed E-state index contributed by atoms with van der Waals surface area (Å²) >= 11 is 0. The first kappa shape index (κ1) is 27.3. The first-order valence-corrected chi connectivity index (χ1v) is 14.8. The summed E-state index contributed by atoms with van der Waals surface area (Å²) in [6, 6.07) is 4.46. The van der Waals surface area contributed by atoms with Crippen LogP contribution in [0.3, 0.4) is 0 Å². The fourth-order valence-corrected chi connectivity index (χ4v) is 5.11. The number of aromatic nitrogens is 7. The summed E-state index contributed by atoms with van der Waals surface area (Å²) in [4.78, 5) is 41.1. The predicted molar refractivity (Wildman–Crippen MR) is 148 cm³/mol. The van der Waals surface area contributed by atoms with Gasteiger partial charge in [-0.05, 0) is 44.7 Å². The number of hydrogen-bond donors (Lipinski definition) is 1. The Morgan fingerprint density at radius 1 is 1.10 bits per heavy atom. The smallest absolute Gasteiger partial charge is 0.296 e. The van der Waals surface area contributed by atoms with Gasteiger partial charge in [-0.3, -0.25) is 14.3 Å². The van der Waals surface area contributed by atoms with Gasteiger partial charge in [0.05, 0.1) is 45.8 Å². The second-order valence-electron chi connectivity index (χ2n) is 10.4. The SMILES string of the molecule is Cc1ncnc(C2CC2)c1-c1nc(C)c2nc(NCc3ccc(S(C)(=O)=O)cn3)c(=O)n([C@@H](C#N)C(C)C)c2n1. The second-order valence-corrected chi connectivity index (χ2v) is 12.4. The Balaban J connectivity index is 1.64. The molecule has 0 saturated heterocycles. The monoisotopic (exact) mass is 559 g/mol. The second kappa shape index (κ2) is 10.3. The van der Waals surface area contributed by atoms with Crippen molar-refractivity contribution in [2.45, 2.75) is 63.9 Å². The number of aryl methyl sites for hydroxylation is 2. The molecule has 0 unspecified atom stereocenters. The van der Waals surface area contributed by atoms with E-state index in [9.17, 15) is 18.5 Å². The fraction of sp³-hybridized carbons (Fsp3) is 0.407. The Kier molecular flexibility index (Phi) is 7.05. The number of nitriles is 1. The average molecular weight is 560 g/mol. The number of hydrogen-bond acceptors (Lipinski definition) is 11. The van der Waals surface area contributed by atoms with Crippen molar-refractivity contribution in [3.8, 4) is 17.5 Å². The van der Waals surface area contributed by atoms with E-state index >= 15 is 0 Å². The fourth-order valence-electron chi connectivity index (χ4n) is 4.55. The van der Waals surface area contributed by atoms with Crippen molar-refractivity contribution in [1.82, 2.24) is 34.5 Å². The van der Waals surface area contributed by atoms with Gasteiger partial charge in [-0.25, -0.2) is 33.3 Å². The van der Waals surface area contributed by atoms with Gasteiger partial charge in [0.2, 0.25) is 0 Å². The standard InChI is InChI=1S/C27H29N9O3S/c1-14(2)20(10-28)36-26-22(16(4)33-24(35-26)21-15(3)31-13-32-23(21)17-6-7-17)34-25(27(36)37)30-11-18-8-9-19(12-29-18)40(5,38)39/h8-9,12-14,17,20H,6-7,11H2,1-5H3,(H,30,34)/t20-/m0/s1. The zero-order chi connectivity index (χ0) is 28.8. The largest absolute Gasteiger partial charge is 0.360 e. The maximum atomic E-state index is 13.8. The molecular formula is C27H29N9O3S. The van der Waals surface area contributed by atoms with E-state index in [-0.39, 0.29) is 28.8 Å². The van der Waals surface area contributed by atoms with E-state index in [4.69, 9.17) is 9.97 Å². The number of nitrogens with one attached hydrogen (secondary N) is 1. The van der Waals surface area contributed by atoms with Crippen molar-refractivity contribution < 1.29 is 8.42 Å². The molecule has 1 saturated carbocycles. The minimum atomic E-state index is -3.38. The quantitative estimate of drug-likeness (QED) is 0.336. The molecule has 0 aliphatic heterocycles. The first-order chi connectivity index (χ1) is 19.0. The number of nitrogens with zero attached hydrogens (tertiary/aromatic N) is 8. The molecule has 4 aromatic heterocycles. The average Bonchev–Trinajstić information content (AvgIpc) is 3.74. The van der Waals surface area contributed by atoms with Crippen LogP contribution in [-0.4, -0.2) is 49.1 Å². The summed E-state index contributed by atoms with van der Waals surface area (Å²) in [5, 5.41) is 13.1. The lowest BCUT2D eigenvalue weighted by Gasteiger charge is -2.20. The van der Waals surface area contributed by atoms with Crippen LogP contribution in [0.4, 0.5) is 5.82 Å². The van der Waals surface area contributed by atoms with E-state index < -0.39 is 21.4 Å². The van der Waals surface area contributed by atoms with E-state index in [2.05, 4.69) is 31.3 Å². The van der Waals surface area contributed by atoms with Crippen LogP contribution in [0.25, 0.3) is 22.6 Å². The molecule has 5 rings (SSSR count).